The van der Waals surface area contributed by atoms with Crippen LogP contribution < -0.4 is 5.73 Å². The average molecular weight is 300 g/mol. The molecule has 3 fully saturated rings. The van der Waals surface area contributed by atoms with Crippen LogP contribution in [0.5, 0.6) is 0 Å². The maximum atomic E-state index is 6.12. The molecule has 2 N–H and O–H groups in total. The van der Waals surface area contributed by atoms with E-state index >= 15 is 0 Å². The Kier molecular flexibility index (Phi) is 4.37. The minimum Gasteiger partial charge on any atom is -0.393 e. The molecule has 0 aromatic carbocycles. The second-order valence-electron chi connectivity index (χ2n) is 6.19. The Morgan fingerprint density at radius 1 is 1.32 bits per heavy atom. The zero-order valence-electron chi connectivity index (χ0n) is 11.5. The van der Waals surface area contributed by atoms with E-state index in [1.54, 1.807) is 0 Å². The summed E-state index contributed by atoms with van der Waals surface area (Å²) < 4.78 is 6.12. The van der Waals surface area contributed by atoms with Crippen LogP contribution in [-0.2, 0) is 4.74 Å². The molecule has 3 aliphatic rings. The zero-order valence-corrected chi connectivity index (χ0v) is 13.1. The van der Waals surface area contributed by atoms with Crippen molar-refractivity contribution in [2.45, 2.75) is 43.7 Å². The van der Waals surface area contributed by atoms with Crippen molar-refractivity contribution < 1.29 is 4.74 Å². The first-order chi connectivity index (χ1) is 9.19. The Balaban J connectivity index is 1.56. The summed E-state index contributed by atoms with van der Waals surface area (Å²) in [6.45, 7) is 3.27. The van der Waals surface area contributed by atoms with Crippen LogP contribution in [0.25, 0.3) is 0 Å². The summed E-state index contributed by atoms with van der Waals surface area (Å²) in [5.74, 6) is 2.95. The molecule has 2 unspecified atom stereocenters. The highest BCUT2D eigenvalue weighted by molar-refractivity contribution is 7.99. The van der Waals surface area contributed by atoms with Gasteiger partial charge in [0.2, 0.25) is 0 Å². The van der Waals surface area contributed by atoms with E-state index in [1.165, 1.54) is 30.8 Å². The van der Waals surface area contributed by atoms with Crippen LogP contribution in [0.4, 0.5) is 0 Å². The number of piperidine rings is 1. The first-order valence-electron chi connectivity index (χ1n) is 7.44. The third kappa shape index (κ3) is 3.09. The summed E-state index contributed by atoms with van der Waals surface area (Å²) in [6, 6.07) is 0.722. The van der Waals surface area contributed by atoms with E-state index in [4.69, 9.17) is 22.7 Å². The predicted molar refractivity (Wildman–Crippen MR) is 84.7 cm³/mol. The number of hydrogen-bond acceptors (Lipinski definition) is 4. The van der Waals surface area contributed by atoms with Crippen LogP contribution in [0.3, 0.4) is 0 Å². The van der Waals surface area contributed by atoms with Crippen molar-refractivity contribution in [3.63, 3.8) is 0 Å². The van der Waals surface area contributed by atoms with Gasteiger partial charge in [0.1, 0.15) is 0 Å². The third-order valence-electron chi connectivity index (χ3n) is 4.98. The number of hydrogen-bond donors (Lipinski definition) is 1. The van der Waals surface area contributed by atoms with Crippen molar-refractivity contribution in [1.29, 1.82) is 0 Å². The molecule has 0 saturated carbocycles. The number of rotatable bonds is 2. The first kappa shape index (κ1) is 14.1. The van der Waals surface area contributed by atoms with Gasteiger partial charge in [0.05, 0.1) is 10.6 Å². The molecule has 3 nitrogen and oxygen atoms in total. The molecule has 5 heteroatoms. The van der Waals surface area contributed by atoms with Crippen molar-refractivity contribution in [3.8, 4) is 0 Å². The topological polar surface area (TPSA) is 38.5 Å². The minimum absolute atomic E-state index is 0.202. The normalized spacial score (nSPS) is 37.8. The number of thiocarbonyl (C=S) groups is 1. The molecule has 0 aliphatic carbocycles. The maximum Gasteiger partial charge on any atom is 0.0795 e. The summed E-state index contributed by atoms with van der Waals surface area (Å²) in [6.07, 6.45) is 5.97. The van der Waals surface area contributed by atoms with E-state index in [2.05, 4.69) is 16.7 Å². The Morgan fingerprint density at radius 2 is 2.11 bits per heavy atom. The Bertz CT molecular complexity index is 336. The molecule has 1 spiro atoms. The van der Waals surface area contributed by atoms with Crippen LogP contribution in [0, 0.1) is 5.92 Å². The molecule has 0 radical (unpaired) electrons. The molecule has 3 rings (SSSR count). The number of thioether (sulfide) groups is 1. The summed E-state index contributed by atoms with van der Waals surface area (Å²) in [5.41, 5.74) is 5.98. The van der Waals surface area contributed by atoms with Crippen molar-refractivity contribution in [1.82, 2.24) is 4.90 Å². The summed E-state index contributed by atoms with van der Waals surface area (Å²) in [5, 5.41) is 0. The fourth-order valence-electron chi connectivity index (χ4n) is 3.73. The first-order valence-corrected chi connectivity index (χ1v) is 9.00. The molecule has 19 heavy (non-hydrogen) atoms. The summed E-state index contributed by atoms with van der Waals surface area (Å²) in [4.78, 5) is 3.39. The van der Waals surface area contributed by atoms with Crippen LogP contribution in [0.1, 0.15) is 32.1 Å². The molecule has 0 aromatic rings. The molecule has 2 atom stereocenters. The summed E-state index contributed by atoms with van der Waals surface area (Å²) >= 11 is 7.18. The average Bonchev–Trinajstić information content (AvgIpc) is 2.87. The lowest BCUT2D eigenvalue weighted by molar-refractivity contribution is -0.0921. The zero-order chi connectivity index (χ0) is 13.3. The largest absolute Gasteiger partial charge is 0.393 e. The van der Waals surface area contributed by atoms with Gasteiger partial charge >= 0.3 is 0 Å². The SMILES string of the molecule is NC(=S)C1CCN(C2CCOC3(CCSC3)C2)CC1. The van der Waals surface area contributed by atoms with Crippen molar-refractivity contribution >= 4 is 29.0 Å². The van der Waals surface area contributed by atoms with E-state index in [0.717, 1.165) is 43.6 Å². The smallest absolute Gasteiger partial charge is 0.0795 e. The Labute approximate surface area is 125 Å². The number of nitrogens with two attached hydrogens (primary N) is 1. The molecule has 0 amide bonds. The van der Waals surface area contributed by atoms with Gasteiger partial charge in [-0.1, -0.05) is 12.2 Å². The van der Waals surface area contributed by atoms with Gasteiger partial charge in [-0.15, -0.1) is 0 Å². The molecule has 3 heterocycles. The molecule has 0 bridgehead atoms. The fourth-order valence-corrected chi connectivity index (χ4v) is 5.34. The molecular formula is C14H24N2OS2. The highest BCUT2D eigenvalue weighted by Gasteiger charge is 2.42. The van der Waals surface area contributed by atoms with Crippen LogP contribution in [0.2, 0.25) is 0 Å². The van der Waals surface area contributed by atoms with Gasteiger partial charge in [0, 0.05) is 24.3 Å². The van der Waals surface area contributed by atoms with Gasteiger partial charge in [-0.05, 0) is 50.9 Å². The molecule has 0 aromatic heterocycles. The number of likely N-dealkylation sites (tertiary alicyclic amines) is 1. The van der Waals surface area contributed by atoms with Crippen LogP contribution in [-0.4, -0.2) is 52.7 Å². The van der Waals surface area contributed by atoms with Crippen molar-refractivity contribution in [2.24, 2.45) is 11.7 Å². The van der Waals surface area contributed by atoms with E-state index in [0.29, 0.717) is 5.92 Å². The lowest BCUT2D eigenvalue weighted by Crippen LogP contribution is -2.51. The number of nitrogens with zero attached hydrogens (tertiary/aromatic N) is 1. The van der Waals surface area contributed by atoms with Gasteiger partial charge in [-0.3, -0.25) is 0 Å². The highest BCUT2D eigenvalue weighted by Crippen LogP contribution is 2.40. The second kappa shape index (κ2) is 5.88. The van der Waals surface area contributed by atoms with Gasteiger partial charge in [0.15, 0.2) is 0 Å². The van der Waals surface area contributed by atoms with Crippen LogP contribution in [0.15, 0.2) is 0 Å². The van der Waals surface area contributed by atoms with Gasteiger partial charge in [-0.25, -0.2) is 0 Å². The Hall–Kier alpha value is 0.160. The number of ether oxygens (including phenoxy) is 1. The van der Waals surface area contributed by atoms with E-state index in [-0.39, 0.29) is 5.60 Å². The lowest BCUT2D eigenvalue weighted by Gasteiger charge is -2.44. The second-order valence-corrected chi connectivity index (χ2v) is 7.77. The monoisotopic (exact) mass is 300 g/mol. The quantitative estimate of drug-likeness (QED) is 0.790. The van der Waals surface area contributed by atoms with Crippen molar-refractivity contribution in [3.05, 3.63) is 0 Å². The van der Waals surface area contributed by atoms with Crippen LogP contribution >= 0.6 is 24.0 Å². The molecule has 3 aliphatic heterocycles. The Morgan fingerprint density at radius 3 is 2.74 bits per heavy atom. The standard InChI is InChI=1S/C14H24N2OS2/c15-13(18)11-1-5-16(6-2-11)12-3-7-17-14(9-12)4-8-19-10-14/h11-12H,1-10H2,(H2,15,18). The van der Waals surface area contributed by atoms with E-state index < -0.39 is 0 Å². The third-order valence-corrected chi connectivity index (χ3v) is 6.54. The molecular weight excluding hydrogens is 276 g/mol. The minimum atomic E-state index is 0.202. The molecule has 108 valence electrons. The molecule has 3 saturated heterocycles. The van der Waals surface area contributed by atoms with Gasteiger partial charge < -0.3 is 15.4 Å². The lowest BCUT2D eigenvalue weighted by atomic mass is 9.87. The summed E-state index contributed by atoms with van der Waals surface area (Å²) in [7, 11) is 0. The predicted octanol–water partition coefficient (Wildman–Crippen LogP) is 2.04. The maximum absolute atomic E-state index is 6.12. The fraction of sp³-hybridized carbons (Fsp3) is 0.929. The van der Waals surface area contributed by atoms with E-state index in [1.807, 2.05) is 0 Å². The van der Waals surface area contributed by atoms with E-state index in [9.17, 15) is 0 Å². The van der Waals surface area contributed by atoms with Gasteiger partial charge in [-0.2, -0.15) is 11.8 Å². The highest BCUT2D eigenvalue weighted by atomic mass is 32.2. The van der Waals surface area contributed by atoms with Gasteiger partial charge in [0.25, 0.3) is 0 Å². The van der Waals surface area contributed by atoms with Crippen molar-refractivity contribution in [2.75, 3.05) is 31.2 Å².